The smallest absolute Gasteiger partial charge is 0.160 e. The van der Waals surface area contributed by atoms with Gasteiger partial charge in [0.05, 0.1) is 0 Å². The number of benzene rings is 1. The van der Waals surface area contributed by atoms with Crippen LogP contribution >= 0.6 is 27.7 Å². The van der Waals surface area contributed by atoms with E-state index in [1.54, 1.807) is 18.7 Å². The summed E-state index contributed by atoms with van der Waals surface area (Å²) in [5, 5.41) is 0. The van der Waals surface area contributed by atoms with Crippen molar-refractivity contribution >= 4 is 33.5 Å². The molecule has 0 saturated carbocycles. The largest absolute Gasteiger partial charge is 0.294 e. The van der Waals surface area contributed by atoms with Crippen molar-refractivity contribution in [3.63, 3.8) is 0 Å². The number of ketones is 1. The summed E-state index contributed by atoms with van der Waals surface area (Å²) in [7, 11) is 0. The number of carbonyl (C=O) groups is 1. The Balaban J connectivity index is 2.67. The fourth-order valence-electron chi connectivity index (χ4n) is 1.44. The highest BCUT2D eigenvalue weighted by atomic mass is 79.9. The monoisotopic (exact) mass is 300 g/mol. The van der Waals surface area contributed by atoms with Crippen LogP contribution in [0.15, 0.2) is 27.6 Å². The van der Waals surface area contributed by atoms with Crippen molar-refractivity contribution in [2.24, 2.45) is 0 Å². The third-order valence-electron chi connectivity index (χ3n) is 2.33. The molecule has 1 nitrogen and oxygen atoms in total. The van der Waals surface area contributed by atoms with Gasteiger partial charge in [0.2, 0.25) is 0 Å². The van der Waals surface area contributed by atoms with Gasteiger partial charge in [0.15, 0.2) is 5.78 Å². The van der Waals surface area contributed by atoms with E-state index in [1.165, 1.54) is 19.3 Å². The van der Waals surface area contributed by atoms with E-state index in [-0.39, 0.29) is 5.78 Å². The third kappa shape index (κ3) is 4.30. The maximum Gasteiger partial charge on any atom is 0.160 e. The topological polar surface area (TPSA) is 17.1 Å². The molecule has 16 heavy (non-hydrogen) atoms. The Bertz CT molecular complexity index is 363. The van der Waals surface area contributed by atoms with E-state index in [2.05, 4.69) is 22.9 Å². The van der Waals surface area contributed by atoms with Crippen LogP contribution in [0.2, 0.25) is 0 Å². The van der Waals surface area contributed by atoms with Gasteiger partial charge in [-0.25, -0.2) is 0 Å². The van der Waals surface area contributed by atoms with E-state index in [9.17, 15) is 4.79 Å². The number of hydrogen-bond donors (Lipinski definition) is 0. The number of halogens is 1. The van der Waals surface area contributed by atoms with Crippen LogP contribution in [0.5, 0.6) is 0 Å². The number of rotatable bonds is 6. The normalized spacial score (nSPS) is 10.4. The van der Waals surface area contributed by atoms with Gasteiger partial charge in [0.1, 0.15) is 0 Å². The first-order valence-electron chi connectivity index (χ1n) is 5.58. The number of unbranched alkanes of at least 4 members (excludes halogenated alkanes) is 2. The number of Topliss-reactive ketones (excluding diaryl/α,β-unsaturated/α-hetero) is 1. The van der Waals surface area contributed by atoms with E-state index < -0.39 is 0 Å². The molecule has 0 saturated heterocycles. The fraction of sp³-hybridized carbons (Fsp3) is 0.462. The summed E-state index contributed by atoms with van der Waals surface area (Å²) >= 11 is 5.18. The molecule has 0 spiro atoms. The van der Waals surface area contributed by atoms with Crippen molar-refractivity contribution in [1.29, 1.82) is 0 Å². The second-order valence-electron chi connectivity index (χ2n) is 3.75. The van der Waals surface area contributed by atoms with Crippen LogP contribution in [0.4, 0.5) is 0 Å². The van der Waals surface area contributed by atoms with Crippen molar-refractivity contribution in [2.75, 3.05) is 5.75 Å². The zero-order chi connectivity index (χ0) is 12.0. The van der Waals surface area contributed by atoms with Crippen LogP contribution in [0, 0.1) is 0 Å². The first kappa shape index (κ1) is 13.8. The molecule has 88 valence electrons. The second kappa shape index (κ2) is 7.13. The van der Waals surface area contributed by atoms with Gasteiger partial charge in [-0.1, -0.05) is 35.7 Å². The average molecular weight is 301 g/mol. The minimum atomic E-state index is 0.138. The van der Waals surface area contributed by atoms with Gasteiger partial charge in [0, 0.05) is 14.9 Å². The molecule has 1 rings (SSSR count). The van der Waals surface area contributed by atoms with Gasteiger partial charge >= 0.3 is 0 Å². The van der Waals surface area contributed by atoms with E-state index in [0.717, 1.165) is 20.7 Å². The van der Waals surface area contributed by atoms with Gasteiger partial charge in [0.25, 0.3) is 0 Å². The van der Waals surface area contributed by atoms with Crippen LogP contribution in [0.3, 0.4) is 0 Å². The highest BCUT2D eigenvalue weighted by molar-refractivity contribution is 9.10. The van der Waals surface area contributed by atoms with Crippen LogP contribution < -0.4 is 0 Å². The summed E-state index contributed by atoms with van der Waals surface area (Å²) in [4.78, 5) is 12.6. The average Bonchev–Trinajstić information content (AvgIpc) is 2.26. The fourth-order valence-corrected chi connectivity index (χ4v) is 2.89. The maximum absolute atomic E-state index is 11.5. The Morgan fingerprint density at radius 2 is 2.12 bits per heavy atom. The van der Waals surface area contributed by atoms with Crippen molar-refractivity contribution in [1.82, 2.24) is 0 Å². The lowest BCUT2D eigenvalue weighted by Gasteiger charge is -2.07. The summed E-state index contributed by atoms with van der Waals surface area (Å²) in [5.41, 5.74) is 0.830. The number of thioether (sulfide) groups is 1. The highest BCUT2D eigenvalue weighted by Gasteiger charge is 2.07. The van der Waals surface area contributed by atoms with E-state index >= 15 is 0 Å². The van der Waals surface area contributed by atoms with Gasteiger partial charge in [-0.05, 0) is 37.3 Å². The minimum Gasteiger partial charge on any atom is -0.294 e. The van der Waals surface area contributed by atoms with E-state index in [1.807, 2.05) is 18.2 Å². The maximum atomic E-state index is 11.5. The molecule has 0 N–H and O–H groups in total. The predicted molar refractivity (Wildman–Crippen MR) is 74.4 cm³/mol. The Labute approximate surface area is 110 Å². The molecule has 0 aliphatic rings. The van der Waals surface area contributed by atoms with Crippen LogP contribution in [0.25, 0.3) is 0 Å². The van der Waals surface area contributed by atoms with E-state index in [0.29, 0.717) is 0 Å². The molecular formula is C13H17BrOS. The molecule has 0 unspecified atom stereocenters. The summed E-state index contributed by atoms with van der Waals surface area (Å²) in [6.45, 7) is 3.82. The molecular weight excluding hydrogens is 284 g/mol. The molecule has 0 aliphatic carbocycles. The molecule has 0 radical (unpaired) electrons. The second-order valence-corrected chi connectivity index (χ2v) is 5.80. The Morgan fingerprint density at radius 3 is 2.75 bits per heavy atom. The van der Waals surface area contributed by atoms with Gasteiger partial charge in [-0.3, -0.25) is 4.79 Å². The minimum absolute atomic E-state index is 0.138. The molecule has 1 aromatic carbocycles. The third-order valence-corrected chi connectivity index (χ3v) is 3.98. The number of carbonyl (C=O) groups excluding carboxylic acids is 1. The summed E-state index contributed by atoms with van der Waals surface area (Å²) in [5.74, 6) is 1.23. The number of hydrogen-bond acceptors (Lipinski definition) is 2. The predicted octanol–water partition coefficient (Wildman–Crippen LogP) is 4.93. The molecule has 3 heteroatoms. The van der Waals surface area contributed by atoms with Crippen molar-refractivity contribution in [2.45, 2.75) is 38.0 Å². The van der Waals surface area contributed by atoms with Crippen molar-refractivity contribution in [3.05, 3.63) is 28.2 Å². The van der Waals surface area contributed by atoms with Crippen LogP contribution in [0.1, 0.15) is 43.5 Å². The first-order chi connectivity index (χ1) is 7.65. The zero-order valence-electron chi connectivity index (χ0n) is 9.75. The van der Waals surface area contributed by atoms with Crippen LogP contribution in [-0.4, -0.2) is 11.5 Å². The summed E-state index contributed by atoms with van der Waals surface area (Å²) < 4.78 is 0.968. The molecule has 0 amide bonds. The lowest BCUT2D eigenvalue weighted by atomic mass is 10.1. The summed E-state index contributed by atoms with van der Waals surface area (Å²) in [6.07, 6.45) is 3.72. The Hall–Kier alpha value is -0.280. The van der Waals surface area contributed by atoms with Gasteiger partial charge < -0.3 is 0 Å². The zero-order valence-corrected chi connectivity index (χ0v) is 12.2. The van der Waals surface area contributed by atoms with Gasteiger partial charge in [-0.2, -0.15) is 0 Å². The van der Waals surface area contributed by atoms with Crippen molar-refractivity contribution in [3.8, 4) is 0 Å². The highest BCUT2D eigenvalue weighted by Crippen LogP contribution is 2.27. The lowest BCUT2D eigenvalue weighted by Crippen LogP contribution is -1.95. The lowest BCUT2D eigenvalue weighted by molar-refractivity contribution is 0.101. The van der Waals surface area contributed by atoms with E-state index in [4.69, 9.17) is 0 Å². The molecule has 0 bridgehead atoms. The van der Waals surface area contributed by atoms with Crippen LogP contribution in [-0.2, 0) is 0 Å². The van der Waals surface area contributed by atoms with Crippen molar-refractivity contribution < 1.29 is 4.79 Å². The summed E-state index contributed by atoms with van der Waals surface area (Å²) in [6, 6.07) is 5.93. The molecule has 0 aliphatic heterocycles. The molecule has 0 heterocycles. The van der Waals surface area contributed by atoms with Gasteiger partial charge in [-0.15, -0.1) is 11.8 Å². The Morgan fingerprint density at radius 1 is 1.38 bits per heavy atom. The molecule has 0 fully saturated rings. The molecule has 0 atom stereocenters. The Kier molecular flexibility index (Phi) is 6.14. The first-order valence-corrected chi connectivity index (χ1v) is 7.36. The quantitative estimate of drug-likeness (QED) is 0.421. The SMILES string of the molecule is CCCCCSc1ccc(Br)cc1C(C)=O. The molecule has 1 aromatic rings. The molecule has 0 aromatic heterocycles. The standard InChI is InChI=1S/C13H17BrOS/c1-3-4-5-8-16-13-7-6-11(14)9-12(13)10(2)15/h6-7,9H,3-5,8H2,1-2H3.